The standard InChI is InChI=1S/C7H13F3S/c1-2-3-4-5-6(11)7(8,9)10/h6,11H,2-5H2,1H3. The first-order valence-corrected chi connectivity index (χ1v) is 4.25. The van der Waals surface area contributed by atoms with Crippen LogP contribution >= 0.6 is 12.6 Å². The second-order valence-electron chi connectivity index (χ2n) is 2.55. The van der Waals surface area contributed by atoms with Gasteiger partial charge in [0, 0.05) is 0 Å². The summed E-state index contributed by atoms with van der Waals surface area (Å²) in [6, 6.07) is 0. The minimum atomic E-state index is -4.13. The van der Waals surface area contributed by atoms with E-state index in [-0.39, 0.29) is 6.42 Å². The maximum absolute atomic E-state index is 11.8. The molecule has 0 radical (unpaired) electrons. The van der Waals surface area contributed by atoms with Crippen molar-refractivity contribution in [3.05, 3.63) is 0 Å². The van der Waals surface area contributed by atoms with Gasteiger partial charge in [0.15, 0.2) is 0 Å². The zero-order chi connectivity index (χ0) is 8.91. The van der Waals surface area contributed by atoms with E-state index in [0.29, 0.717) is 6.42 Å². The van der Waals surface area contributed by atoms with E-state index in [9.17, 15) is 13.2 Å². The highest BCUT2D eigenvalue weighted by atomic mass is 32.1. The van der Waals surface area contributed by atoms with Gasteiger partial charge in [0.05, 0.1) is 5.25 Å². The van der Waals surface area contributed by atoms with E-state index < -0.39 is 11.4 Å². The second-order valence-corrected chi connectivity index (χ2v) is 3.18. The number of rotatable bonds is 4. The molecule has 0 nitrogen and oxygen atoms in total. The lowest BCUT2D eigenvalue weighted by molar-refractivity contribution is -0.129. The fourth-order valence-electron chi connectivity index (χ4n) is 0.751. The number of hydrogen-bond acceptors (Lipinski definition) is 1. The Balaban J connectivity index is 3.44. The molecule has 11 heavy (non-hydrogen) atoms. The van der Waals surface area contributed by atoms with Crippen molar-refractivity contribution in [1.29, 1.82) is 0 Å². The highest BCUT2D eigenvalue weighted by Crippen LogP contribution is 2.28. The molecule has 0 aromatic carbocycles. The monoisotopic (exact) mass is 186 g/mol. The lowest BCUT2D eigenvalue weighted by Crippen LogP contribution is -2.23. The number of halogens is 3. The molecule has 4 heteroatoms. The molecule has 68 valence electrons. The smallest absolute Gasteiger partial charge is 0.170 e. The molecule has 1 atom stereocenters. The minimum Gasteiger partial charge on any atom is -0.170 e. The van der Waals surface area contributed by atoms with E-state index in [1.54, 1.807) is 0 Å². The van der Waals surface area contributed by atoms with E-state index in [2.05, 4.69) is 12.6 Å². The van der Waals surface area contributed by atoms with E-state index in [1.807, 2.05) is 6.92 Å². The quantitative estimate of drug-likeness (QED) is 0.504. The molecule has 0 fully saturated rings. The molecule has 0 saturated heterocycles. The summed E-state index contributed by atoms with van der Waals surface area (Å²) >= 11 is 3.46. The fourth-order valence-corrected chi connectivity index (χ4v) is 0.934. The molecular weight excluding hydrogens is 173 g/mol. The predicted molar refractivity (Wildman–Crippen MR) is 43.0 cm³/mol. The highest BCUT2D eigenvalue weighted by Gasteiger charge is 2.35. The average Bonchev–Trinajstić information content (AvgIpc) is 1.86. The van der Waals surface area contributed by atoms with E-state index >= 15 is 0 Å². The van der Waals surface area contributed by atoms with Crippen molar-refractivity contribution in [1.82, 2.24) is 0 Å². The van der Waals surface area contributed by atoms with Crippen LogP contribution in [0.1, 0.15) is 32.6 Å². The summed E-state index contributed by atoms with van der Waals surface area (Å²) in [6.07, 6.45) is -1.58. The van der Waals surface area contributed by atoms with Crippen molar-refractivity contribution in [2.45, 2.75) is 44.0 Å². The van der Waals surface area contributed by atoms with Crippen molar-refractivity contribution in [2.75, 3.05) is 0 Å². The maximum Gasteiger partial charge on any atom is 0.400 e. The van der Waals surface area contributed by atoms with Crippen molar-refractivity contribution in [2.24, 2.45) is 0 Å². The second kappa shape index (κ2) is 4.91. The zero-order valence-corrected chi connectivity index (χ0v) is 7.38. The summed E-state index contributed by atoms with van der Waals surface area (Å²) in [5.41, 5.74) is 0. The van der Waals surface area contributed by atoms with Crippen LogP contribution in [0.5, 0.6) is 0 Å². The lowest BCUT2D eigenvalue weighted by atomic mass is 10.1. The zero-order valence-electron chi connectivity index (χ0n) is 6.49. The van der Waals surface area contributed by atoms with Gasteiger partial charge in [-0.25, -0.2) is 0 Å². The molecule has 0 heterocycles. The molecule has 1 unspecified atom stereocenters. The van der Waals surface area contributed by atoms with Gasteiger partial charge in [0.2, 0.25) is 0 Å². The topological polar surface area (TPSA) is 0 Å². The van der Waals surface area contributed by atoms with Crippen LogP contribution in [0.4, 0.5) is 13.2 Å². The molecule has 0 aliphatic heterocycles. The Hall–Kier alpha value is 0.140. The normalized spacial score (nSPS) is 15.0. The van der Waals surface area contributed by atoms with Crippen LogP contribution in [-0.2, 0) is 0 Å². The van der Waals surface area contributed by atoms with Crippen LogP contribution < -0.4 is 0 Å². The molecule has 0 aromatic rings. The van der Waals surface area contributed by atoms with Crippen LogP contribution in [0.25, 0.3) is 0 Å². The van der Waals surface area contributed by atoms with Gasteiger partial charge in [-0.2, -0.15) is 25.8 Å². The highest BCUT2D eigenvalue weighted by molar-refractivity contribution is 7.81. The molecule has 0 bridgehead atoms. The van der Waals surface area contributed by atoms with Crippen LogP contribution in [0.15, 0.2) is 0 Å². The van der Waals surface area contributed by atoms with Crippen molar-refractivity contribution in [3.63, 3.8) is 0 Å². The summed E-state index contributed by atoms with van der Waals surface area (Å²) in [4.78, 5) is 0. The molecule has 0 rings (SSSR count). The molecule has 0 aromatic heterocycles. The molecular formula is C7H13F3S. The molecule has 0 N–H and O–H groups in total. The Morgan fingerprint density at radius 2 is 1.82 bits per heavy atom. The van der Waals surface area contributed by atoms with Gasteiger partial charge >= 0.3 is 6.18 Å². The van der Waals surface area contributed by atoms with Crippen molar-refractivity contribution in [3.8, 4) is 0 Å². The van der Waals surface area contributed by atoms with E-state index in [4.69, 9.17) is 0 Å². The van der Waals surface area contributed by atoms with E-state index in [1.165, 1.54) is 0 Å². The first-order chi connectivity index (χ1) is 4.98. The molecule has 0 aliphatic carbocycles. The number of hydrogen-bond donors (Lipinski definition) is 1. The summed E-state index contributed by atoms with van der Waals surface area (Å²) in [5.74, 6) is 0. The number of thiol groups is 1. The third-order valence-electron chi connectivity index (χ3n) is 1.46. The average molecular weight is 186 g/mol. The molecule has 0 amide bonds. The minimum absolute atomic E-state index is 0.139. The summed E-state index contributed by atoms with van der Waals surface area (Å²) in [6.45, 7) is 1.96. The van der Waals surface area contributed by atoms with Gasteiger partial charge in [0.1, 0.15) is 0 Å². The van der Waals surface area contributed by atoms with Crippen LogP contribution in [0.3, 0.4) is 0 Å². The van der Waals surface area contributed by atoms with Gasteiger partial charge in [-0.3, -0.25) is 0 Å². The Morgan fingerprint density at radius 1 is 1.27 bits per heavy atom. The van der Waals surface area contributed by atoms with Crippen molar-refractivity contribution >= 4 is 12.6 Å². The first kappa shape index (κ1) is 11.1. The summed E-state index contributed by atoms with van der Waals surface area (Å²) in [7, 11) is 0. The molecule has 0 saturated carbocycles. The van der Waals surface area contributed by atoms with Crippen molar-refractivity contribution < 1.29 is 13.2 Å². The third-order valence-corrected chi connectivity index (χ3v) is 2.01. The predicted octanol–water partition coefficient (Wildman–Crippen LogP) is 3.43. The van der Waals surface area contributed by atoms with Gasteiger partial charge in [-0.15, -0.1) is 0 Å². The van der Waals surface area contributed by atoms with Crippen LogP contribution in [0.2, 0.25) is 0 Å². The first-order valence-electron chi connectivity index (χ1n) is 3.73. The maximum atomic E-state index is 11.8. The molecule has 0 spiro atoms. The number of unbranched alkanes of at least 4 members (excludes halogenated alkanes) is 2. The Morgan fingerprint density at radius 3 is 2.18 bits per heavy atom. The van der Waals surface area contributed by atoms with Crippen LogP contribution in [0, 0.1) is 0 Å². The summed E-state index contributed by atoms with van der Waals surface area (Å²) in [5, 5.41) is -1.44. The van der Waals surface area contributed by atoms with E-state index in [0.717, 1.165) is 12.8 Å². The van der Waals surface area contributed by atoms with Gasteiger partial charge in [-0.05, 0) is 6.42 Å². The third kappa shape index (κ3) is 5.41. The largest absolute Gasteiger partial charge is 0.400 e. The Bertz CT molecular complexity index is 100. The Kier molecular flexibility index (Phi) is 4.97. The number of alkyl halides is 3. The fraction of sp³-hybridized carbons (Fsp3) is 1.00. The van der Waals surface area contributed by atoms with Crippen LogP contribution in [-0.4, -0.2) is 11.4 Å². The van der Waals surface area contributed by atoms with Gasteiger partial charge < -0.3 is 0 Å². The molecule has 0 aliphatic rings. The van der Waals surface area contributed by atoms with Gasteiger partial charge in [0.25, 0.3) is 0 Å². The SMILES string of the molecule is CCCCCC(S)C(F)(F)F. The van der Waals surface area contributed by atoms with Gasteiger partial charge in [-0.1, -0.05) is 26.2 Å². The lowest BCUT2D eigenvalue weighted by Gasteiger charge is -2.13. The summed E-state index contributed by atoms with van der Waals surface area (Å²) < 4.78 is 35.4. The Labute approximate surface area is 70.6 Å².